The molecule has 0 aromatic carbocycles. The topological polar surface area (TPSA) is 37.4 Å². The Bertz CT molecular complexity index is 487. The Morgan fingerprint density at radius 3 is 2.35 bits per heavy atom. The molecule has 1 aromatic rings. The first kappa shape index (κ1) is 13.5. The van der Waals surface area contributed by atoms with Crippen LogP contribution >= 0.6 is 27.3 Å². The molecule has 0 aliphatic carbocycles. The lowest BCUT2D eigenvalue weighted by Gasteiger charge is -2.37. The van der Waals surface area contributed by atoms with Crippen LogP contribution in [0.2, 0.25) is 0 Å². The standard InChI is InChI=1S/C11H16BrNO2S2/c1-8-4-3-5-9(2)13(8)17(14,15)11-7-6-10(12)16-11/h6-9H,3-5H2,1-2H3/t8-,9+. The molecule has 0 bridgehead atoms. The zero-order valence-corrected chi connectivity index (χ0v) is 13.1. The second kappa shape index (κ2) is 4.99. The van der Waals surface area contributed by atoms with E-state index in [-0.39, 0.29) is 12.1 Å². The van der Waals surface area contributed by atoms with Gasteiger partial charge in [0.15, 0.2) is 0 Å². The lowest BCUT2D eigenvalue weighted by Crippen LogP contribution is -2.47. The van der Waals surface area contributed by atoms with Crippen molar-refractivity contribution in [2.75, 3.05) is 0 Å². The highest BCUT2D eigenvalue weighted by molar-refractivity contribution is 9.11. The van der Waals surface area contributed by atoms with Crippen LogP contribution in [0.3, 0.4) is 0 Å². The zero-order chi connectivity index (χ0) is 12.6. The van der Waals surface area contributed by atoms with E-state index >= 15 is 0 Å². The van der Waals surface area contributed by atoms with Crippen molar-refractivity contribution >= 4 is 37.3 Å². The van der Waals surface area contributed by atoms with Gasteiger partial charge >= 0.3 is 0 Å². The van der Waals surface area contributed by atoms with Crippen LogP contribution in [0.1, 0.15) is 33.1 Å². The minimum atomic E-state index is -3.32. The van der Waals surface area contributed by atoms with Crippen molar-refractivity contribution in [3.63, 3.8) is 0 Å². The Morgan fingerprint density at radius 1 is 1.29 bits per heavy atom. The zero-order valence-electron chi connectivity index (χ0n) is 9.89. The average molecular weight is 338 g/mol. The predicted molar refractivity (Wildman–Crippen MR) is 73.8 cm³/mol. The molecular formula is C11H16BrNO2S2. The van der Waals surface area contributed by atoms with Crippen molar-refractivity contribution in [1.82, 2.24) is 4.31 Å². The molecular weight excluding hydrogens is 322 g/mol. The Kier molecular flexibility index (Phi) is 3.97. The van der Waals surface area contributed by atoms with E-state index in [9.17, 15) is 8.42 Å². The summed E-state index contributed by atoms with van der Waals surface area (Å²) in [6, 6.07) is 3.67. The summed E-state index contributed by atoms with van der Waals surface area (Å²) < 4.78 is 28.0. The molecule has 1 aliphatic heterocycles. The number of hydrogen-bond acceptors (Lipinski definition) is 3. The van der Waals surface area contributed by atoms with Crippen LogP contribution in [-0.4, -0.2) is 24.8 Å². The second-order valence-electron chi connectivity index (χ2n) is 4.52. The number of thiophene rings is 1. The van der Waals surface area contributed by atoms with Crippen LogP contribution in [0, 0.1) is 0 Å². The molecule has 6 heteroatoms. The Labute approximate surface area is 115 Å². The van der Waals surface area contributed by atoms with Gasteiger partial charge in [0.1, 0.15) is 4.21 Å². The highest BCUT2D eigenvalue weighted by Crippen LogP contribution is 2.33. The third-order valence-corrected chi connectivity index (χ3v) is 7.41. The SMILES string of the molecule is C[C@@H]1CCC[C@H](C)N1S(=O)(=O)c1ccc(Br)s1. The van der Waals surface area contributed by atoms with Gasteiger partial charge in [-0.3, -0.25) is 0 Å². The van der Waals surface area contributed by atoms with Crippen molar-refractivity contribution in [2.45, 2.75) is 49.4 Å². The molecule has 1 saturated heterocycles. The van der Waals surface area contributed by atoms with Crippen LogP contribution < -0.4 is 0 Å². The van der Waals surface area contributed by atoms with E-state index in [1.807, 2.05) is 13.8 Å². The number of hydrogen-bond donors (Lipinski definition) is 0. The van der Waals surface area contributed by atoms with E-state index in [0.29, 0.717) is 4.21 Å². The summed E-state index contributed by atoms with van der Waals surface area (Å²) in [5.74, 6) is 0. The molecule has 0 unspecified atom stereocenters. The summed E-state index contributed by atoms with van der Waals surface area (Å²) in [7, 11) is -3.32. The summed E-state index contributed by atoms with van der Waals surface area (Å²) in [5.41, 5.74) is 0. The normalized spacial score (nSPS) is 27.2. The van der Waals surface area contributed by atoms with Gasteiger partial charge < -0.3 is 0 Å². The number of halogens is 1. The predicted octanol–water partition coefficient (Wildman–Crippen LogP) is 3.46. The van der Waals surface area contributed by atoms with Gasteiger partial charge in [0, 0.05) is 12.1 Å². The summed E-state index contributed by atoms with van der Waals surface area (Å²) in [4.78, 5) is 0. The fourth-order valence-corrected chi connectivity index (χ4v) is 6.41. The summed E-state index contributed by atoms with van der Waals surface area (Å²) >= 11 is 4.59. The van der Waals surface area contributed by atoms with Crippen molar-refractivity contribution in [3.8, 4) is 0 Å². The first-order valence-electron chi connectivity index (χ1n) is 5.72. The van der Waals surface area contributed by atoms with Crippen molar-refractivity contribution < 1.29 is 8.42 Å². The van der Waals surface area contributed by atoms with Crippen LogP contribution in [0.5, 0.6) is 0 Å². The molecule has 0 radical (unpaired) electrons. The first-order valence-corrected chi connectivity index (χ1v) is 8.77. The fraction of sp³-hybridized carbons (Fsp3) is 0.636. The third kappa shape index (κ3) is 2.59. The summed E-state index contributed by atoms with van der Waals surface area (Å²) in [5, 5.41) is 0. The van der Waals surface area contributed by atoms with E-state index in [4.69, 9.17) is 0 Å². The number of nitrogens with zero attached hydrogens (tertiary/aromatic N) is 1. The Hall–Kier alpha value is 0.0900. The van der Waals surface area contributed by atoms with Crippen LogP contribution in [0.15, 0.2) is 20.1 Å². The van der Waals surface area contributed by atoms with Gasteiger partial charge in [-0.1, -0.05) is 6.42 Å². The van der Waals surface area contributed by atoms with E-state index in [1.165, 1.54) is 11.3 Å². The molecule has 1 fully saturated rings. The molecule has 2 rings (SSSR count). The minimum absolute atomic E-state index is 0.102. The maximum Gasteiger partial charge on any atom is 0.253 e. The summed E-state index contributed by atoms with van der Waals surface area (Å²) in [6.07, 6.45) is 3.02. The maximum absolute atomic E-state index is 12.5. The van der Waals surface area contributed by atoms with Crippen molar-refractivity contribution in [1.29, 1.82) is 0 Å². The lowest BCUT2D eigenvalue weighted by atomic mass is 10.0. The van der Waals surface area contributed by atoms with Crippen molar-refractivity contribution in [2.24, 2.45) is 0 Å². The van der Waals surface area contributed by atoms with Gasteiger partial charge in [-0.2, -0.15) is 4.31 Å². The third-order valence-electron chi connectivity index (χ3n) is 3.19. The highest BCUT2D eigenvalue weighted by Gasteiger charge is 2.36. The molecule has 3 nitrogen and oxygen atoms in total. The van der Waals surface area contributed by atoms with Crippen LogP contribution in [0.25, 0.3) is 0 Å². The number of rotatable bonds is 2. The first-order chi connectivity index (χ1) is 7.93. The molecule has 2 heterocycles. The summed E-state index contributed by atoms with van der Waals surface area (Å²) in [6.45, 7) is 3.99. The molecule has 1 aliphatic rings. The van der Waals surface area contributed by atoms with Gasteiger partial charge in [-0.05, 0) is 54.8 Å². The van der Waals surface area contributed by atoms with Crippen LogP contribution in [0.4, 0.5) is 0 Å². The smallest absolute Gasteiger partial charge is 0.206 e. The van der Waals surface area contributed by atoms with Crippen LogP contribution in [-0.2, 0) is 10.0 Å². The van der Waals surface area contributed by atoms with Gasteiger partial charge in [0.2, 0.25) is 0 Å². The molecule has 17 heavy (non-hydrogen) atoms. The van der Waals surface area contributed by atoms with Gasteiger partial charge in [0.05, 0.1) is 3.79 Å². The van der Waals surface area contributed by atoms with Gasteiger partial charge in [-0.25, -0.2) is 8.42 Å². The Balaban J connectivity index is 2.37. The minimum Gasteiger partial charge on any atom is -0.206 e. The quantitative estimate of drug-likeness (QED) is 0.828. The van der Waals surface area contributed by atoms with E-state index in [1.54, 1.807) is 16.4 Å². The molecule has 0 N–H and O–H groups in total. The largest absolute Gasteiger partial charge is 0.253 e. The number of sulfonamides is 1. The maximum atomic E-state index is 12.5. The fourth-order valence-electron chi connectivity index (χ4n) is 2.41. The second-order valence-corrected chi connectivity index (χ2v) is 9.06. The average Bonchev–Trinajstić information content (AvgIpc) is 2.64. The molecule has 1 aromatic heterocycles. The molecule has 96 valence electrons. The van der Waals surface area contributed by atoms with Gasteiger partial charge in [0.25, 0.3) is 10.0 Å². The molecule has 0 spiro atoms. The molecule has 2 atom stereocenters. The van der Waals surface area contributed by atoms with Gasteiger partial charge in [-0.15, -0.1) is 11.3 Å². The number of piperidine rings is 1. The molecule has 0 amide bonds. The van der Waals surface area contributed by atoms with E-state index in [0.717, 1.165) is 23.0 Å². The van der Waals surface area contributed by atoms with E-state index < -0.39 is 10.0 Å². The van der Waals surface area contributed by atoms with Crippen molar-refractivity contribution in [3.05, 3.63) is 15.9 Å². The lowest BCUT2D eigenvalue weighted by molar-refractivity contribution is 0.204. The highest BCUT2D eigenvalue weighted by atomic mass is 79.9. The van der Waals surface area contributed by atoms with E-state index in [2.05, 4.69) is 15.9 Å². The Morgan fingerprint density at radius 2 is 1.88 bits per heavy atom. The monoisotopic (exact) mass is 337 g/mol. The molecule has 0 saturated carbocycles.